The van der Waals surface area contributed by atoms with Crippen LogP contribution in [0.2, 0.25) is 5.02 Å². The average molecular weight is 294 g/mol. The predicted molar refractivity (Wildman–Crippen MR) is 72.3 cm³/mol. The Kier molecular flexibility index (Phi) is 5.82. The molecule has 0 unspecified atom stereocenters. The van der Waals surface area contributed by atoms with E-state index in [1.54, 1.807) is 19.2 Å². The van der Waals surface area contributed by atoms with Gasteiger partial charge in [-0.25, -0.2) is 0 Å². The van der Waals surface area contributed by atoms with Crippen LogP contribution >= 0.6 is 11.6 Å². The van der Waals surface area contributed by atoms with E-state index in [4.69, 9.17) is 16.3 Å². The summed E-state index contributed by atoms with van der Waals surface area (Å²) in [5.74, 6) is -0.0283. The minimum atomic E-state index is -2.88. The molecule has 0 radical (unpaired) electrons. The molecule has 3 nitrogen and oxygen atoms in total. The number of alkyl halides is 2. The van der Waals surface area contributed by atoms with Crippen LogP contribution in [0.15, 0.2) is 18.2 Å². The first-order valence-electron chi connectivity index (χ1n) is 5.87. The lowest BCUT2D eigenvalue weighted by Gasteiger charge is -2.23. The molecule has 0 saturated carbocycles. The Morgan fingerprint density at radius 2 is 2.05 bits per heavy atom. The second-order valence-corrected chi connectivity index (χ2v) is 5.07. The van der Waals surface area contributed by atoms with Crippen LogP contribution in [0.5, 0.6) is 5.75 Å². The number of halogens is 3. The molecule has 0 aliphatic rings. The highest BCUT2D eigenvalue weighted by Crippen LogP contribution is 2.29. The third-order valence-electron chi connectivity index (χ3n) is 2.76. The maximum atomic E-state index is 12.1. The van der Waals surface area contributed by atoms with Gasteiger partial charge in [-0.15, -0.1) is 0 Å². The number of hydrogen-bond acceptors (Lipinski definition) is 3. The topological polar surface area (TPSA) is 30.5 Å². The molecule has 0 aromatic heterocycles. The minimum absolute atomic E-state index is 0.0283. The van der Waals surface area contributed by atoms with Gasteiger partial charge in [0, 0.05) is 19.3 Å². The first kappa shape index (κ1) is 16.0. The highest BCUT2D eigenvalue weighted by Gasteiger charge is 2.15. The van der Waals surface area contributed by atoms with E-state index in [1.165, 1.54) is 6.07 Å². The first-order valence-corrected chi connectivity index (χ1v) is 6.25. The van der Waals surface area contributed by atoms with E-state index >= 15 is 0 Å². The van der Waals surface area contributed by atoms with Crippen molar-refractivity contribution in [1.29, 1.82) is 0 Å². The fourth-order valence-corrected chi connectivity index (χ4v) is 1.64. The second-order valence-electron chi connectivity index (χ2n) is 4.66. The number of ether oxygens (including phenoxy) is 2. The molecular weight excluding hydrogens is 276 g/mol. The zero-order valence-electron chi connectivity index (χ0n) is 11.2. The van der Waals surface area contributed by atoms with Crippen molar-refractivity contribution in [3.8, 4) is 5.75 Å². The van der Waals surface area contributed by atoms with Gasteiger partial charge in [-0.3, -0.25) is 0 Å². The quantitative estimate of drug-likeness (QED) is 0.818. The molecule has 1 rings (SSSR count). The Labute approximate surface area is 116 Å². The summed E-state index contributed by atoms with van der Waals surface area (Å²) in [4.78, 5) is 0. The van der Waals surface area contributed by atoms with Crippen LogP contribution in [0.1, 0.15) is 20.3 Å². The molecule has 0 spiro atoms. The van der Waals surface area contributed by atoms with Crippen molar-refractivity contribution in [2.24, 2.45) is 0 Å². The first-order chi connectivity index (χ1) is 8.84. The van der Waals surface area contributed by atoms with Gasteiger partial charge in [-0.05, 0) is 38.5 Å². The van der Waals surface area contributed by atoms with Crippen molar-refractivity contribution in [3.05, 3.63) is 23.2 Å². The summed E-state index contributed by atoms with van der Waals surface area (Å²) < 4.78 is 33.7. The number of rotatable bonds is 7. The van der Waals surface area contributed by atoms with Gasteiger partial charge in [-0.1, -0.05) is 11.6 Å². The number of methoxy groups -OCH3 is 1. The lowest BCUT2D eigenvalue weighted by Crippen LogP contribution is -2.25. The van der Waals surface area contributed by atoms with Crippen molar-refractivity contribution in [1.82, 2.24) is 0 Å². The standard InChI is InChI=1S/C13H18ClF2NO2/c1-13(2,18-3)6-7-17-9-4-5-11(10(14)8-9)19-12(15)16/h4-5,8,12,17H,6-7H2,1-3H3. The second kappa shape index (κ2) is 6.91. The summed E-state index contributed by atoms with van der Waals surface area (Å²) in [5, 5.41) is 3.30. The zero-order valence-corrected chi connectivity index (χ0v) is 11.9. The van der Waals surface area contributed by atoms with Crippen LogP contribution in [0.3, 0.4) is 0 Å². The normalized spacial score (nSPS) is 11.7. The van der Waals surface area contributed by atoms with Crippen LogP contribution in [-0.2, 0) is 4.74 Å². The van der Waals surface area contributed by atoms with Crippen LogP contribution in [0.25, 0.3) is 0 Å². The SMILES string of the molecule is COC(C)(C)CCNc1ccc(OC(F)F)c(Cl)c1. The molecule has 0 atom stereocenters. The van der Waals surface area contributed by atoms with Crippen molar-refractivity contribution >= 4 is 17.3 Å². The minimum Gasteiger partial charge on any atom is -0.433 e. The van der Waals surface area contributed by atoms with Gasteiger partial charge in [0.15, 0.2) is 0 Å². The maximum Gasteiger partial charge on any atom is 0.387 e. The van der Waals surface area contributed by atoms with E-state index in [1.807, 2.05) is 13.8 Å². The maximum absolute atomic E-state index is 12.1. The fraction of sp³-hybridized carbons (Fsp3) is 0.538. The lowest BCUT2D eigenvalue weighted by atomic mass is 10.1. The summed E-state index contributed by atoms with van der Waals surface area (Å²) in [6.07, 6.45) is 0.802. The third kappa shape index (κ3) is 5.61. The van der Waals surface area contributed by atoms with Crippen molar-refractivity contribution in [2.45, 2.75) is 32.5 Å². The molecule has 0 amide bonds. The Hall–Kier alpha value is -1.07. The summed E-state index contributed by atoms with van der Waals surface area (Å²) in [5.41, 5.74) is 0.536. The summed E-state index contributed by atoms with van der Waals surface area (Å²) in [6, 6.07) is 4.61. The van der Waals surface area contributed by atoms with Gasteiger partial charge in [-0.2, -0.15) is 8.78 Å². The average Bonchev–Trinajstić information content (AvgIpc) is 2.32. The molecule has 19 heavy (non-hydrogen) atoms. The van der Waals surface area contributed by atoms with E-state index in [-0.39, 0.29) is 16.4 Å². The lowest BCUT2D eigenvalue weighted by molar-refractivity contribution is -0.0497. The van der Waals surface area contributed by atoms with Gasteiger partial charge < -0.3 is 14.8 Å². The van der Waals surface area contributed by atoms with Crippen molar-refractivity contribution in [2.75, 3.05) is 19.0 Å². The number of hydrogen-bond donors (Lipinski definition) is 1. The van der Waals surface area contributed by atoms with Gasteiger partial charge in [0.1, 0.15) is 5.75 Å². The summed E-state index contributed by atoms with van der Waals surface area (Å²) >= 11 is 5.85. The van der Waals surface area contributed by atoms with E-state index < -0.39 is 6.61 Å². The predicted octanol–water partition coefficient (Wildman–Crippen LogP) is 4.17. The van der Waals surface area contributed by atoms with Gasteiger partial charge in [0.25, 0.3) is 0 Å². The Morgan fingerprint density at radius 3 is 2.58 bits per heavy atom. The molecule has 6 heteroatoms. The van der Waals surface area contributed by atoms with E-state index in [9.17, 15) is 8.78 Å². The van der Waals surface area contributed by atoms with E-state index in [0.717, 1.165) is 12.1 Å². The molecule has 0 aliphatic heterocycles. The van der Waals surface area contributed by atoms with Crippen LogP contribution < -0.4 is 10.1 Å². The molecular formula is C13H18ClF2NO2. The van der Waals surface area contributed by atoms with Crippen molar-refractivity contribution < 1.29 is 18.3 Å². The number of anilines is 1. The van der Waals surface area contributed by atoms with Crippen LogP contribution in [0, 0.1) is 0 Å². The van der Waals surface area contributed by atoms with Gasteiger partial charge >= 0.3 is 6.61 Å². The molecule has 0 saturated heterocycles. The number of benzene rings is 1. The molecule has 1 aromatic carbocycles. The van der Waals surface area contributed by atoms with Gasteiger partial charge in [0.2, 0.25) is 0 Å². The molecule has 0 aliphatic carbocycles. The summed E-state index contributed by atoms with van der Waals surface area (Å²) in [7, 11) is 1.66. The largest absolute Gasteiger partial charge is 0.433 e. The molecule has 0 heterocycles. The zero-order chi connectivity index (χ0) is 14.5. The van der Waals surface area contributed by atoms with E-state index in [0.29, 0.717) is 6.54 Å². The molecule has 0 fully saturated rings. The third-order valence-corrected chi connectivity index (χ3v) is 3.05. The van der Waals surface area contributed by atoms with Crippen LogP contribution in [0.4, 0.5) is 14.5 Å². The van der Waals surface area contributed by atoms with Gasteiger partial charge in [0.05, 0.1) is 10.6 Å². The Balaban J connectivity index is 2.54. The van der Waals surface area contributed by atoms with Crippen LogP contribution in [-0.4, -0.2) is 25.9 Å². The Morgan fingerprint density at radius 1 is 1.37 bits per heavy atom. The summed E-state index contributed by atoms with van der Waals surface area (Å²) in [6.45, 7) is 1.79. The highest BCUT2D eigenvalue weighted by atomic mass is 35.5. The smallest absolute Gasteiger partial charge is 0.387 e. The fourth-order valence-electron chi connectivity index (χ4n) is 1.41. The number of nitrogens with one attached hydrogen (secondary N) is 1. The monoisotopic (exact) mass is 293 g/mol. The molecule has 1 aromatic rings. The molecule has 0 bridgehead atoms. The Bertz CT molecular complexity index is 414. The van der Waals surface area contributed by atoms with Crippen molar-refractivity contribution in [3.63, 3.8) is 0 Å². The van der Waals surface area contributed by atoms with E-state index in [2.05, 4.69) is 10.1 Å². The molecule has 1 N–H and O–H groups in total. The highest BCUT2D eigenvalue weighted by molar-refractivity contribution is 6.32. The molecule has 108 valence electrons.